The summed E-state index contributed by atoms with van der Waals surface area (Å²) in [6.07, 6.45) is 2.14. The van der Waals surface area contributed by atoms with Crippen LogP contribution in [0, 0.1) is 0 Å². The van der Waals surface area contributed by atoms with Crippen LogP contribution in [0.5, 0.6) is 0 Å². The van der Waals surface area contributed by atoms with Gasteiger partial charge in [-0.05, 0) is 17.7 Å². The summed E-state index contributed by atoms with van der Waals surface area (Å²) in [5.74, 6) is 0.699. The van der Waals surface area contributed by atoms with Crippen LogP contribution in [-0.2, 0) is 0 Å². The summed E-state index contributed by atoms with van der Waals surface area (Å²) in [4.78, 5) is 3.32. The maximum Gasteiger partial charge on any atom is 0.0468 e. The molecule has 2 N–H and O–H groups in total. The molecule has 14 heavy (non-hydrogen) atoms. The molecule has 0 aliphatic carbocycles. The van der Waals surface area contributed by atoms with Gasteiger partial charge in [-0.1, -0.05) is 22.0 Å². The number of benzene rings is 1. The highest BCUT2D eigenvalue weighted by Gasteiger charge is 2.21. The van der Waals surface area contributed by atoms with Crippen molar-refractivity contribution in [3.63, 3.8) is 0 Å². The molecule has 1 fully saturated rings. The van der Waals surface area contributed by atoms with E-state index in [1.165, 1.54) is 16.5 Å². The summed E-state index contributed by atoms with van der Waals surface area (Å²) in [7, 11) is 0. The Kier molecular flexibility index (Phi) is 1.89. The lowest BCUT2D eigenvalue weighted by Gasteiger charge is -2.26. The summed E-state index contributed by atoms with van der Waals surface area (Å²) in [6, 6.07) is 6.42. The molecule has 0 atom stereocenters. The second kappa shape index (κ2) is 3.11. The van der Waals surface area contributed by atoms with E-state index < -0.39 is 0 Å². The molecule has 1 saturated heterocycles. The molecule has 72 valence electrons. The lowest BCUT2D eigenvalue weighted by Crippen LogP contribution is -2.39. The first-order valence-corrected chi connectivity index (χ1v) is 5.61. The van der Waals surface area contributed by atoms with Crippen LogP contribution in [0.4, 0.5) is 0 Å². The van der Waals surface area contributed by atoms with E-state index in [1.54, 1.807) is 0 Å². The summed E-state index contributed by atoms with van der Waals surface area (Å²) in [5, 5.41) is 4.66. The number of rotatable bonds is 1. The highest BCUT2D eigenvalue weighted by molar-refractivity contribution is 9.10. The number of nitrogens with one attached hydrogen (secondary N) is 2. The lowest BCUT2D eigenvalue weighted by atomic mass is 9.93. The van der Waals surface area contributed by atoms with Crippen molar-refractivity contribution in [3.05, 3.63) is 34.4 Å². The van der Waals surface area contributed by atoms with E-state index in [1.807, 2.05) is 0 Å². The van der Waals surface area contributed by atoms with Crippen molar-refractivity contribution in [3.8, 4) is 0 Å². The molecule has 3 rings (SSSR count). The van der Waals surface area contributed by atoms with Crippen LogP contribution in [0.3, 0.4) is 0 Å². The number of halogens is 1. The molecule has 1 aromatic carbocycles. The Bertz CT molecular complexity index is 471. The zero-order valence-electron chi connectivity index (χ0n) is 7.68. The van der Waals surface area contributed by atoms with Gasteiger partial charge in [-0.15, -0.1) is 0 Å². The highest BCUT2D eigenvalue weighted by Crippen LogP contribution is 2.29. The van der Waals surface area contributed by atoms with Crippen molar-refractivity contribution in [1.82, 2.24) is 10.3 Å². The zero-order chi connectivity index (χ0) is 9.54. The Balaban J connectivity index is 2.16. The van der Waals surface area contributed by atoms with Gasteiger partial charge in [0, 0.05) is 40.6 Å². The molecule has 2 aromatic rings. The predicted molar refractivity (Wildman–Crippen MR) is 61.6 cm³/mol. The first-order chi connectivity index (χ1) is 6.84. The Morgan fingerprint density at radius 2 is 2.14 bits per heavy atom. The lowest BCUT2D eigenvalue weighted by molar-refractivity contribution is 0.451. The van der Waals surface area contributed by atoms with Crippen LogP contribution in [0.2, 0.25) is 0 Å². The van der Waals surface area contributed by atoms with Crippen LogP contribution in [0.1, 0.15) is 11.5 Å². The third-order valence-corrected chi connectivity index (χ3v) is 3.39. The van der Waals surface area contributed by atoms with Crippen molar-refractivity contribution in [2.45, 2.75) is 5.92 Å². The summed E-state index contributed by atoms with van der Waals surface area (Å²) in [5.41, 5.74) is 2.67. The van der Waals surface area contributed by atoms with E-state index in [2.05, 4.69) is 50.6 Å². The Labute approximate surface area is 90.8 Å². The first-order valence-electron chi connectivity index (χ1n) is 4.82. The molecule has 1 aromatic heterocycles. The highest BCUT2D eigenvalue weighted by atomic mass is 79.9. The van der Waals surface area contributed by atoms with Crippen molar-refractivity contribution in [1.29, 1.82) is 0 Å². The molecular formula is C11H11BrN2. The first kappa shape index (κ1) is 8.50. The van der Waals surface area contributed by atoms with Crippen molar-refractivity contribution >= 4 is 26.8 Å². The second-order valence-electron chi connectivity index (χ2n) is 3.79. The third kappa shape index (κ3) is 1.20. The molecule has 2 nitrogen and oxygen atoms in total. The predicted octanol–water partition coefficient (Wildman–Crippen LogP) is 2.62. The van der Waals surface area contributed by atoms with Crippen LogP contribution in [0.25, 0.3) is 10.9 Å². The fourth-order valence-electron chi connectivity index (χ4n) is 1.97. The second-order valence-corrected chi connectivity index (χ2v) is 4.70. The molecule has 0 bridgehead atoms. The summed E-state index contributed by atoms with van der Waals surface area (Å²) >= 11 is 3.48. The van der Waals surface area contributed by atoms with Crippen LogP contribution < -0.4 is 5.32 Å². The van der Waals surface area contributed by atoms with Gasteiger partial charge >= 0.3 is 0 Å². The molecule has 1 aliphatic heterocycles. The van der Waals surface area contributed by atoms with Crippen molar-refractivity contribution in [2.24, 2.45) is 0 Å². The van der Waals surface area contributed by atoms with Gasteiger partial charge < -0.3 is 10.3 Å². The largest absolute Gasteiger partial charge is 0.361 e. The van der Waals surface area contributed by atoms with Gasteiger partial charge in [-0.3, -0.25) is 0 Å². The minimum Gasteiger partial charge on any atom is -0.361 e. The quantitative estimate of drug-likeness (QED) is 0.801. The maximum atomic E-state index is 3.48. The van der Waals surface area contributed by atoms with Gasteiger partial charge in [-0.2, -0.15) is 0 Å². The number of hydrogen-bond donors (Lipinski definition) is 2. The van der Waals surface area contributed by atoms with E-state index in [0.717, 1.165) is 17.6 Å². The summed E-state index contributed by atoms with van der Waals surface area (Å²) in [6.45, 7) is 2.23. The number of fused-ring (bicyclic) bond motifs is 1. The molecule has 2 heterocycles. The maximum absolute atomic E-state index is 3.48. The smallest absolute Gasteiger partial charge is 0.0468 e. The molecule has 0 spiro atoms. The van der Waals surface area contributed by atoms with Gasteiger partial charge in [-0.25, -0.2) is 0 Å². The Morgan fingerprint density at radius 1 is 1.29 bits per heavy atom. The Hall–Kier alpha value is -0.800. The van der Waals surface area contributed by atoms with Gasteiger partial charge in [0.15, 0.2) is 0 Å². The summed E-state index contributed by atoms with van der Waals surface area (Å²) < 4.78 is 1.13. The van der Waals surface area contributed by atoms with E-state index in [-0.39, 0.29) is 0 Å². The third-order valence-electron chi connectivity index (χ3n) is 2.90. The molecule has 0 unspecified atom stereocenters. The van der Waals surface area contributed by atoms with Crippen LogP contribution in [0.15, 0.2) is 28.9 Å². The SMILES string of the molecule is Brc1ccc2c(C3CNC3)c[nH]c2c1. The fourth-order valence-corrected chi connectivity index (χ4v) is 2.33. The molecule has 1 aliphatic rings. The zero-order valence-corrected chi connectivity index (χ0v) is 9.26. The van der Waals surface area contributed by atoms with E-state index in [4.69, 9.17) is 0 Å². The van der Waals surface area contributed by atoms with Gasteiger partial charge in [0.2, 0.25) is 0 Å². The van der Waals surface area contributed by atoms with Crippen molar-refractivity contribution in [2.75, 3.05) is 13.1 Å². The molecule has 0 amide bonds. The fraction of sp³-hybridized carbons (Fsp3) is 0.273. The minimum absolute atomic E-state index is 0.699. The van der Waals surface area contributed by atoms with Gasteiger partial charge in [0.25, 0.3) is 0 Å². The number of aromatic nitrogens is 1. The average Bonchev–Trinajstić information content (AvgIpc) is 2.45. The molecular weight excluding hydrogens is 240 g/mol. The van der Waals surface area contributed by atoms with Crippen LogP contribution in [-0.4, -0.2) is 18.1 Å². The van der Waals surface area contributed by atoms with E-state index in [0.29, 0.717) is 5.92 Å². The van der Waals surface area contributed by atoms with E-state index >= 15 is 0 Å². The normalized spacial score (nSPS) is 17.2. The molecule has 0 radical (unpaired) electrons. The van der Waals surface area contributed by atoms with E-state index in [9.17, 15) is 0 Å². The van der Waals surface area contributed by atoms with Crippen molar-refractivity contribution < 1.29 is 0 Å². The number of H-pyrrole nitrogens is 1. The van der Waals surface area contributed by atoms with Gasteiger partial charge in [0.05, 0.1) is 0 Å². The molecule has 0 saturated carbocycles. The van der Waals surface area contributed by atoms with Crippen LogP contribution >= 0.6 is 15.9 Å². The average molecular weight is 251 g/mol. The number of aromatic amines is 1. The number of hydrogen-bond acceptors (Lipinski definition) is 1. The molecule has 3 heteroatoms. The topological polar surface area (TPSA) is 27.8 Å². The standard InChI is InChI=1S/C11H11BrN2/c12-8-1-2-9-10(7-4-13-5-7)6-14-11(9)3-8/h1-3,6-7,13-14H,4-5H2. The minimum atomic E-state index is 0.699. The Morgan fingerprint density at radius 3 is 2.86 bits per heavy atom. The monoisotopic (exact) mass is 250 g/mol. The van der Waals surface area contributed by atoms with Gasteiger partial charge in [0.1, 0.15) is 0 Å².